The summed E-state index contributed by atoms with van der Waals surface area (Å²) in [5.41, 5.74) is 0.245. The number of hydrogen-bond donors (Lipinski definition) is 2. The molecule has 1 spiro atoms. The molecule has 0 bridgehead atoms. The highest BCUT2D eigenvalue weighted by molar-refractivity contribution is 5.85. The molecule has 0 aromatic heterocycles. The van der Waals surface area contributed by atoms with Crippen LogP contribution in [0.2, 0.25) is 0 Å². The molecular formula is C19H36N4O2. The van der Waals surface area contributed by atoms with Gasteiger partial charge in [0.1, 0.15) is 6.54 Å². The molecule has 0 aliphatic heterocycles. The van der Waals surface area contributed by atoms with E-state index in [2.05, 4.69) is 29.5 Å². The fourth-order valence-electron chi connectivity index (χ4n) is 4.11. The Kier molecular flexibility index (Phi) is 7.54. The Hall–Kier alpha value is -1.30. The second-order valence-electron chi connectivity index (χ2n) is 7.55. The van der Waals surface area contributed by atoms with Crippen LogP contribution in [0.1, 0.15) is 58.8 Å². The number of hydrogen-bond acceptors (Lipinski definition) is 3. The first-order valence-corrected chi connectivity index (χ1v) is 9.90. The lowest BCUT2D eigenvalue weighted by molar-refractivity contribution is -0.145. The van der Waals surface area contributed by atoms with Crippen LogP contribution in [-0.2, 0) is 9.53 Å². The van der Waals surface area contributed by atoms with Crippen LogP contribution in [0.3, 0.4) is 0 Å². The molecule has 6 nitrogen and oxygen atoms in total. The maximum Gasteiger partial charge on any atom is 0.243 e. The second-order valence-corrected chi connectivity index (χ2v) is 7.55. The summed E-state index contributed by atoms with van der Waals surface area (Å²) in [6.07, 6.45) is 8.79. The highest BCUT2D eigenvalue weighted by Gasteiger charge is 2.55. The van der Waals surface area contributed by atoms with Gasteiger partial charge in [0.15, 0.2) is 5.96 Å². The van der Waals surface area contributed by atoms with Gasteiger partial charge in [0.25, 0.3) is 0 Å². The van der Waals surface area contributed by atoms with Gasteiger partial charge in [0.05, 0.1) is 6.10 Å². The summed E-state index contributed by atoms with van der Waals surface area (Å²) < 4.78 is 6.03. The van der Waals surface area contributed by atoms with Crippen molar-refractivity contribution in [1.29, 1.82) is 0 Å². The summed E-state index contributed by atoms with van der Waals surface area (Å²) in [6, 6.07) is 0.391. The number of carbonyl (C=O) groups excluding carboxylic acids is 1. The van der Waals surface area contributed by atoms with Crippen molar-refractivity contribution in [2.75, 3.05) is 33.8 Å². The minimum absolute atomic E-state index is 0.0192. The Labute approximate surface area is 152 Å². The van der Waals surface area contributed by atoms with Gasteiger partial charge >= 0.3 is 0 Å². The number of guanidine groups is 1. The number of nitrogens with zero attached hydrogens (tertiary/aromatic N) is 2. The quantitative estimate of drug-likeness (QED) is 0.544. The van der Waals surface area contributed by atoms with Crippen molar-refractivity contribution in [2.45, 2.75) is 70.9 Å². The van der Waals surface area contributed by atoms with E-state index in [-0.39, 0.29) is 17.9 Å². The Morgan fingerprint density at radius 1 is 1.24 bits per heavy atom. The number of rotatable bonds is 7. The topological polar surface area (TPSA) is 66.0 Å². The van der Waals surface area contributed by atoms with Crippen molar-refractivity contribution in [2.24, 2.45) is 10.4 Å². The summed E-state index contributed by atoms with van der Waals surface area (Å²) in [5.74, 6) is 0.785. The van der Waals surface area contributed by atoms with Crippen molar-refractivity contribution < 1.29 is 9.53 Å². The summed E-state index contributed by atoms with van der Waals surface area (Å²) in [7, 11) is 3.53. The summed E-state index contributed by atoms with van der Waals surface area (Å²) >= 11 is 0. The number of nitrogens with one attached hydrogen (secondary N) is 2. The third-order valence-corrected chi connectivity index (χ3v) is 5.66. The van der Waals surface area contributed by atoms with E-state index in [9.17, 15) is 4.79 Å². The molecule has 0 aromatic carbocycles. The number of ether oxygens (including phenoxy) is 1. The molecular weight excluding hydrogens is 316 g/mol. The Morgan fingerprint density at radius 2 is 1.96 bits per heavy atom. The fourth-order valence-corrected chi connectivity index (χ4v) is 4.11. The van der Waals surface area contributed by atoms with Crippen LogP contribution in [0, 0.1) is 5.41 Å². The lowest BCUT2D eigenvalue weighted by atomic mass is 9.55. The standard InChI is InChI=1S/C19H36N4O2/c1-5-12-20-18(21-14-17(24)23(3)4)22-15-13-16(25-6-2)19(15)10-8-7-9-11-19/h15-16H,5-14H2,1-4H3,(H2,20,21,22). The average molecular weight is 353 g/mol. The summed E-state index contributed by atoms with van der Waals surface area (Å²) in [6.45, 7) is 6.04. The first-order valence-electron chi connectivity index (χ1n) is 9.90. The molecule has 0 heterocycles. The van der Waals surface area contributed by atoms with Crippen molar-refractivity contribution >= 4 is 11.9 Å². The van der Waals surface area contributed by atoms with Gasteiger partial charge < -0.3 is 20.3 Å². The molecule has 1 amide bonds. The largest absolute Gasteiger partial charge is 0.378 e. The van der Waals surface area contributed by atoms with Crippen molar-refractivity contribution in [3.63, 3.8) is 0 Å². The van der Waals surface area contributed by atoms with Crippen LogP contribution in [0.5, 0.6) is 0 Å². The molecule has 2 saturated carbocycles. The Morgan fingerprint density at radius 3 is 2.56 bits per heavy atom. The predicted octanol–water partition coefficient (Wildman–Crippen LogP) is 2.15. The zero-order valence-electron chi connectivity index (χ0n) is 16.4. The van der Waals surface area contributed by atoms with E-state index in [1.54, 1.807) is 19.0 Å². The van der Waals surface area contributed by atoms with E-state index in [1.165, 1.54) is 32.1 Å². The molecule has 6 heteroatoms. The minimum atomic E-state index is 0.0192. The zero-order chi connectivity index (χ0) is 18.3. The highest BCUT2D eigenvalue weighted by atomic mass is 16.5. The molecule has 2 rings (SSSR count). The number of amides is 1. The van der Waals surface area contributed by atoms with Gasteiger partial charge in [-0.2, -0.15) is 0 Å². The van der Waals surface area contributed by atoms with Crippen molar-refractivity contribution in [3.05, 3.63) is 0 Å². The maximum absolute atomic E-state index is 11.9. The van der Waals surface area contributed by atoms with Gasteiger partial charge in [-0.25, -0.2) is 4.99 Å². The molecule has 2 fully saturated rings. The second kappa shape index (κ2) is 9.41. The lowest BCUT2D eigenvalue weighted by Gasteiger charge is -2.58. The molecule has 2 atom stereocenters. The van der Waals surface area contributed by atoms with Gasteiger partial charge in [-0.15, -0.1) is 0 Å². The fraction of sp³-hybridized carbons (Fsp3) is 0.895. The zero-order valence-corrected chi connectivity index (χ0v) is 16.4. The molecule has 144 valence electrons. The van der Waals surface area contributed by atoms with Crippen molar-refractivity contribution in [1.82, 2.24) is 15.5 Å². The third kappa shape index (κ3) is 4.87. The third-order valence-electron chi connectivity index (χ3n) is 5.66. The SMILES string of the molecule is CCCNC(=NCC(=O)N(C)C)NC1CC(OCC)C12CCCCC2. The van der Waals surface area contributed by atoms with Gasteiger partial charge in [-0.05, 0) is 32.6 Å². The summed E-state index contributed by atoms with van der Waals surface area (Å²) in [5, 5.41) is 6.98. The average Bonchev–Trinajstić information content (AvgIpc) is 2.62. The Balaban J connectivity index is 2.03. The van der Waals surface area contributed by atoms with Crippen molar-refractivity contribution in [3.8, 4) is 0 Å². The van der Waals surface area contributed by atoms with Crippen LogP contribution in [0.15, 0.2) is 4.99 Å². The van der Waals surface area contributed by atoms with Crippen LogP contribution in [-0.4, -0.2) is 62.7 Å². The molecule has 25 heavy (non-hydrogen) atoms. The summed E-state index contributed by atoms with van der Waals surface area (Å²) in [4.78, 5) is 18.0. The molecule has 2 aliphatic carbocycles. The van der Waals surface area contributed by atoms with Crippen LogP contribution in [0.25, 0.3) is 0 Å². The number of aliphatic imine (C=N–C) groups is 1. The molecule has 2 unspecified atom stereocenters. The van der Waals surface area contributed by atoms with Crippen LogP contribution >= 0.6 is 0 Å². The molecule has 2 N–H and O–H groups in total. The van der Waals surface area contributed by atoms with E-state index in [4.69, 9.17) is 4.74 Å². The van der Waals surface area contributed by atoms with Gasteiger partial charge in [0, 0.05) is 38.7 Å². The molecule has 0 radical (unpaired) electrons. The maximum atomic E-state index is 11.9. The van der Waals surface area contributed by atoms with E-state index in [1.807, 2.05) is 0 Å². The first kappa shape index (κ1) is 20.0. The highest BCUT2D eigenvalue weighted by Crippen LogP contribution is 2.53. The minimum Gasteiger partial charge on any atom is -0.378 e. The van der Waals surface area contributed by atoms with Crippen LogP contribution in [0.4, 0.5) is 0 Å². The van der Waals surface area contributed by atoms with E-state index < -0.39 is 0 Å². The molecule has 0 saturated heterocycles. The molecule has 2 aliphatic rings. The van der Waals surface area contributed by atoms with E-state index >= 15 is 0 Å². The Bertz CT molecular complexity index is 458. The van der Waals surface area contributed by atoms with Gasteiger partial charge in [0.2, 0.25) is 5.91 Å². The number of carbonyl (C=O) groups is 1. The number of likely N-dealkylation sites (N-methyl/N-ethyl adjacent to an activating group) is 1. The monoisotopic (exact) mass is 352 g/mol. The van der Waals surface area contributed by atoms with Gasteiger partial charge in [-0.1, -0.05) is 26.2 Å². The smallest absolute Gasteiger partial charge is 0.243 e. The van der Waals surface area contributed by atoms with E-state index in [0.717, 1.165) is 32.0 Å². The predicted molar refractivity (Wildman–Crippen MR) is 102 cm³/mol. The van der Waals surface area contributed by atoms with E-state index in [0.29, 0.717) is 12.1 Å². The first-order chi connectivity index (χ1) is 12.0. The lowest BCUT2D eigenvalue weighted by Crippen LogP contribution is -2.66. The van der Waals surface area contributed by atoms with Gasteiger partial charge in [-0.3, -0.25) is 4.79 Å². The molecule has 0 aromatic rings. The van der Waals surface area contributed by atoms with Crippen LogP contribution < -0.4 is 10.6 Å². The normalized spacial score (nSPS) is 25.4.